The lowest BCUT2D eigenvalue weighted by Crippen LogP contribution is -1.92. The molecule has 0 N–H and O–H groups in total. The summed E-state index contributed by atoms with van der Waals surface area (Å²) < 4.78 is 28.9. The number of benzene rings is 3. The van der Waals surface area contributed by atoms with Crippen molar-refractivity contribution >= 4 is 10.8 Å². The number of hydrogen-bond donors (Lipinski definition) is 0. The van der Waals surface area contributed by atoms with Crippen LogP contribution in [0.25, 0.3) is 21.9 Å². The van der Waals surface area contributed by atoms with Gasteiger partial charge in [0.15, 0.2) is 0 Å². The quantitative estimate of drug-likeness (QED) is 0.408. The van der Waals surface area contributed by atoms with Crippen LogP contribution in [-0.4, -0.2) is 0 Å². The Kier molecular flexibility index (Phi) is 6.19. The number of rotatable bonds is 7. The highest BCUT2D eigenvalue weighted by Crippen LogP contribution is 2.30. The Morgan fingerprint density at radius 2 is 1.70 bits per heavy atom. The molecule has 0 bridgehead atoms. The van der Waals surface area contributed by atoms with Crippen LogP contribution in [0.5, 0.6) is 0 Å². The highest BCUT2D eigenvalue weighted by Gasteiger charge is 2.12. The molecule has 0 spiro atoms. The highest BCUT2D eigenvalue weighted by molar-refractivity contribution is 5.88. The summed E-state index contributed by atoms with van der Waals surface area (Å²) in [7, 11) is 0. The first kappa shape index (κ1) is 19.0. The van der Waals surface area contributed by atoms with Crippen molar-refractivity contribution in [2.24, 2.45) is 0 Å². The van der Waals surface area contributed by atoms with Crippen molar-refractivity contribution in [1.29, 1.82) is 5.26 Å². The van der Waals surface area contributed by atoms with E-state index in [0.717, 1.165) is 18.2 Å². The number of halogens is 2. The van der Waals surface area contributed by atoms with E-state index in [1.54, 1.807) is 18.2 Å². The Morgan fingerprint density at radius 1 is 0.889 bits per heavy atom. The third-order valence-corrected chi connectivity index (χ3v) is 4.99. The lowest BCUT2D eigenvalue weighted by atomic mass is 9.97. The Labute approximate surface area is 159 Å². The Hall–Kier alpha value is -2.73. The summed E-state index contributed by atoms with van der Waals surface area (Å²) in [5.41, 5.74) is 1.96. The smallest absolute Gasteiger partial charge is 0.141 e. The summed E-state index contributed by atoms with van der Waals surface area (Å²) in [4.78, 5) is 0. The molecule has 3 rings (SSSR count). The minimum atomic E-state index is -0.632. The average molecular weight is 363 g/mol. The second kappa shape index (κ2) is 8.77. The van der Waals surface area contributed by atoms with E-state index in [0.29, 0.717) is 16.5 Å². The van der Waals surface area contributed by atoms with Crippen LogP contribution < -0.4 is 0 Å². The molecule has 27 heavy (non-hydrogen) atoms. The molecule has 0 unspecified atom stereocenters. The number of unbranched alkanes of at least 4 members (excludes halogenated alkanes) is 4. The zero-order chi connectivity index (χ0) is 19.2. The van der Waals surface area contributed by atoms with Crippen LogP contribution in [0.1, 0.15) is 50.2 Å². The predicted octanol–water partition coefficient (Wildman–Crippen LogP) is 7.17. The van der Waals surface area contributed by atoms with Crippen LogP contribution in [0.15, 0.2) is 48.5 Å². The predicted molar refractivity (Wildman–Crippen MR) is 106 cm³/mol. The van der Waals surface area contributed by atoms with Crippen molar-refractivity contribution in [3.05, 3.63) is 71.3 Å². The van der Waals surface area contributed by atoms with E-state index in [4.69, 9.17) is 5.26 Å². The molecule has 0 fully saturated rings. The lowest BCUT2D eigenvalue weighted by Gasteiger charge is -2.09. The van der Waals surface area contributed by atoms with Crippen molar-refractivity contribution in [2.45, 2.75) is 45.4 Å². The van der Waals surface area contributed by atoms with Crippen LogP contribution in [0.4, 0.5) is 8.78 Å². The van der Waals surface area contributed by atoms with Crippen LogP contribution in [0, 0.1) is 23.0 Å². The van der Waals surface area contributed by atoms with E-state index in [9.17, 15) is 4.39 Å². The van der Waals surface area contributed by atoms with Gasteiger partial charge in [0.2, 0.25) is 0 Å². The lowest BCUT2D eigenvalue weighted by molar-refractivity contribution is 0.623. The molecular formula is C24H23F2N. The fraction of sp³-hybridized carbons (Fsp3) is 0.292. The molecule has 0 atom stereocenters. The van der Waals surface area contributed by atoms with Crippen molar-refractivity contribution < 1.29 is 8.78 Å². The summed E-state index contributed by atoms with van der Waals surface area (Å²) in [5, 5.41) is 10.2. The van der Waals surface area contributed by atoms with Gasteiger partial charge in [0.25, 0.3) is 0 Å². The maximum absolute atomic E-state index is 15.0. The molecule has 0 amide bonds. The van der Waals surface area contributed by atoms with Gasteiger partial charge in [-0.15, -0.1) is 0 Å². The van der Waals surface area contributed by atoms with E-state index < -0.39 is 5.82 Å². The first-order chi connectivity index (χ1) is 13.1. The van der Waals surface area contributed by atoms with Crippen LogP contribution in [0.3, 0.4) is 0 Å². The van der Waals surface area contributed by atoms with E-state index in [2.05, 4.69) is 6.92 Å². The maximum Gasteiger partial charge on any atom is 0.141 e. The van der Waals surface area contributed by atoms with Crippen LogP contribution in [0.2, 0.25) is 0 Å². The van der Waals surface area contributed by atoms with Gasteiger partial charge in [0.1, 0.15) is 17.7 Å². The van der Waals surface area contributed by atoms with Crippen molar-refractivity contribution in [1.82, 2.24) is 0 Å². The van der Waals surface area contributed by atoms with E-state index in [1.807, 2.05) is 24.3 Å². The summed E-state index contributed by atoms with van der Waals surface area (Å²) >= 11 is 0. The van der Waals surface area contributed by atoms with Gasteiger partial charge in [0, 0.05) is 10.9 Å². The van der Waals surface area contributed by atoms with Gasteiger partial charge < -0.3 is 0 Å². The van der Waals surface area contributed by atoms with Crippen molar-refractivity contribution in [3.63, 3.8) is 0 Å². The molecule has 3 heteroatoms. The molecule has 3 aromatic rings. The Bertz CT molecular complexity index is 986. The molecule has 0 aliphatic heterocycles. The first-order valence-electron chi connectivity index (χ1n) is 9.55. The van der Waals surface area contributed by atoms with Gasteiger partial charge >= 0.3 is 0 Å². The van der Waals surface area contributed by atoms with Gasteiger partial charge in [-0.25, -0.2) is 8.78 Å². The number of aryl methyl sites for hydroxylation is 1. The van der Waals surface area contributed by atoms with Gasteiger partial charge in [-0.3, -0.25) is 0 Å². The molecule has 0 heterocycles. The third kappa shape index (κ3) is 4.34. The summed E-state index contributed by atoms with van der Waals surface area (Å²) in [5.74, 6) is -0.987. The van der Waals surface area contributed by atoms with E-state index in [1.165, 1.54) is 43.4 Å². The monoisotopic (exact) mass is 363 g/mol. The fourth-order valence-corrected chi connectivity index (χ4v) is 3.43. The standard InChI is InChI=1S/C24H23F2N/c1-2-3-4-5-6-7-17-8-12-21-18(14-17)11-13-22(24(21)26)19-9-10-20(16-27)23(25)15-19/h8-15H,2-7H2,1H3. The number of hydrogen-bond acceptors (Lipinski definition) is 1. The second-order valence-corrected chi connectivity index (χ2v) is 6.95. The molecular weight excluding hydrogens is 340 g/mol. The minimum Gasteiger partial charge on any atom is -0.206 e. The van der Waals surface area contributed by atoms with Crippen LogP contribution >= 0.6 is 0 Å². The maximum atomic E-state index is 15.0. The zero-order valence-corrected chi connectivity index (χ0v) is 15.6. The summed E-state index contributed by atoms with van der Waals surface area (Å²) in [6.45, 7) is 2.21. The largest absolute Gasteiger partial charge is 0.206 e. The second-order valence-electron chi connectivity index (χ2n) is 6.95. The van der Waals surface area contributed by atoms with E-state index >= 15 is 4.39 Å². The molecule has 0 aromatic heterocycles. The molecule has 0 saturated carbocycles. The van der Waals surface area contributed by atoms with Gasteiger partial charge in [-0.05, 0) is 41.5 Å². The molecule has 0 radical (unpaired) electrons. The van der Waals surface area contributed by atoms with Crippen LogP contribution in [-0.2, 0) is 6.42 Å². The van der Waals surface area contributed by atoms with Crippen molar-refractivity contribution in [2.75, 3.05) is 0 Å². The SMILES string of the molecule is CCCCCCCc1ccc2c(F)c(-c3ccc(C#N)c(F)c3)ccc2c1. The minimum absolute atomic E-state index is 0.0384. The van der Waals surface area contributed by atoms with Gasteiger partial charge in [0.05, 0.1) is 5.56 Å². The molecule has 0 aliphatic carbocycles. The first-order valence-corrected chi connectivity index (χ1v) is 9.55. The fourth-order valence-electron chi connectivity index (χ4n) is 3.43. The molecule has 3 aromatic carbocycles. The molecule has 138 valence electrons. The van der Waals surface area contributed by atoms with Gasteiger partial charge in [-0.1, -0.05) is 69.0 Å². The average Bonchev–Trinajstić information content (AvgIpc) is 2.68. The number of nitriles is 1. The van der Waals surface area contributed by atoms with Gasteiger partial charge in [-0.2, -0.15) is 5.26 Å². The summed E-state index contributed by atoms with van der Waals surface area (Å²) in [6, 6.07) is 15.4. The highest BCUT2D eigenvalue weighted by atomic mass is 19.1. The molecule has 1 nitrogen and oxygen atoms in total. The normalized spacial score (nSPS) is 10.9. The molecule has 0 aliphatic rings. The third-order valence-electron chi connectivity index (χ3n) is 4.99. The summed E-state index contributed by atoms with van der Waals surface area (Å²) in [6.07, 6.45) is 7.16. The van der Waals surface area contributed by atoms with E-state index in [-0.39, 0.29) is 11.4 Å². The zero-order valence-electron chi connectivity index (χ0n) is 15.6. The topological polar surface area (TPSA) is 23.8 Å². The van der Waals surface area contributed by atoms with Crippen molar-refractivity contribution in [3.8, 4) is 17.2 Å². The molecule has 0 saturated heterocycles. The Balaban J connectivity index is 1.84. The Morgan fingerprint density at radius 3 is 2.44 bits per heavy atom. The number of fused-ring (bicyclic) bond motifs is 1. The number of nitrogens with zero attached hydrogens (tertiary/aromatic N) is 1.